The van der Waals surface area contributed by atoms with Crippen molar-refractivity contribution >= 4 is 0 Å². The van der Waals surface area contributed by atoms with Crippen LogP contribution in [0.2, 0.25) is 0 Å². The van der Waals surface area contributed by atoms with Crippen LogP contribution in [0.4, 0.5) is 4.39 Å². The summed E-state index contributed by atoms with van der Waals surface area (Å²) in [4.78, 5) is 7.72. The fraction of sp³-hybridized carbons (Fsp3) is 0.667. The van der Waals surface area contributed by atoms with E-state index in [4.69, 9.17) is 4.74 Å². The Hall–Kier alpha value is -1.23. The van der Waals surface area contributed by atoms with Gasteiger partial charge in [0.25, 0.3) is 5.88 Å². The highest BCUT2D eigenvalue weighted by Gasteiger charge is 2.16. The second kappa shape index (κ2) is 5.91. The molecule has 17 heavy (non-hydrogen) atoms. The predicted octanol–water partition coefficient (Wildman–Crippen LogP) is 1.56. The molecule has 2 rings (SSSR count). The van der Waals surface area contributed by atoms with E-state index in [0.717, 1.165) is 25.9 Å². The van der Waals surface area contributed by atoms with E-state index in [0.29, 0.717) is 24.6 Å². The van der Waals surface area contributed by atoms with Crippen molar-refractivity contribution in [2.24, 2.45) is 5.92 Å². The van der Waals surface area contributed by atoms with Crippen LogP contribution in [0, 0.1) is 11.7 Å². The molecular weight excluding hydrogens is 221 g/mol. The van der Waals surface area contributed by atoms with Gasteiger partial charge in [-0.1, -0.05) is 6.92 Å². The lowest BCUT2D eigenvalue weighted by Crippen LogP contribution is -2.30. The summed E-state index contributed by atoms with van der Waals surface area (Å²) in [6.07, 6.45) is 4.07. The molecule has 1 aliphatic rings. The molecule has 1 aromatic heterocycles. The molecule has 0 atom stereocenters. The molecule has 4 nitrogen and oxygen atoms in total. The lowest BCUT2D eigenvalue weighted by atomic mass is 9.99. The van der Waals surface area contributed by atoms with Crippen LogP contribution in [-0.4, -0.2) is 29.7 Å². The van der Waals surface area contributed by atoms with Gasteiger partial charge in [0.05, 0.1) is 12.3 Å². The first kappa shape index (κ1) is 12.2. The first-order valence-corrected chi connectivity index (χ1v) is 6.14. The number of ether oxygens (including phenoxy) is 1. The molecule has 0 bridgehead atoms. The van der Waals surface area contributed by atoms with E-state index in [-0.39, 0.29) is 5.88 Å². The van der Waals surface area contributed by atoms with Crippen molar-refractivity contribution in [3.05, 3.63) is 17.8 Å². The van der Waals surface area contributed by atoms with Gasteiger partial charge in [-0.3, -0.25) is 0 Å². The summed E-state index contributed by atoms with van der Waals surface area (Å²) in [5.41, 5.74) is 0.417. The Morgan fingerprint density at radius 1 is 1.41 bits per heavy atom. The van der Waals surface area contributed by atoms with E-state index in [2.05, 4.69) is 15.3 Å². The number of hydrogen-bond donors (Lipinski definition) is 1. The minimum Gasteiger partial charge on any atom is -0.475 e. The third kappa shape index (κ3) is 3.12. The fourth-order valence-corrected chi connectivity index (χ4v) is 1.98. The molecule has 0 unspecified atom stereocenters. The van der Waals surface area contributed by atoms with E-state index < -0.39 is 5.82 Å². The van der Waals surface area contributed by atoms with Crippen LogP contribution in [0.5, 0.6) is 5.88 Å². The SMILES string of the molecule is CCc1ncnc(OCC2CCNCC2)c1F. The molecule has 1 fully saturated rings. The molecule has 2 heterocycles. The summed E-state index contributed by atoms with van der Waals surface area (Å²) in [7, 11) is 0. The molecule has 1 aliphatic heterocycles. The number of rotatable bonds is 4. The lowest BCUT2D eigenvalue weighted by Gasteiger charge is -2.22. The first-order valence-electron chi connectivity index (χ1n) is 6.14. The number of nitrogens with zero attached hydrogens (tertiary/aromatic N) is 2. The van der Waals surface area contributed by atoms with Gasteiger partial charge >= 0.3 is 0 Å². The number of aryl methyl sites for hydroxylation is 1. The summed E-state index contributed by atoms with van der Waals surface area (Å²) in [5.74, 6) is 0.176. The van der Waals surface area contributed by atoms with Crippen molar-refractivity contribution in [2.45, 2.75) is 26.2 Å². The van der Waals surface area contributed by atoms with Crippen LogP contribution in [-0.2, 0) is 6.42 Å². The highest BCUT2D eigenvalue weighted by Crippen LogP contribution is 2.18. The number of hydrogen-bond acceptors (Lipinski definition) is 4. The molecule has 0 aliphatic carbocycles. The van der Waals surface area contributed by atoms with Crippen LogP contribution >= 0.6 is 0 Å². The quantitative estimate of drug-likeness (QED) is 0.866. The highest BCUT2D eigenvalue weighted by atomic mass is 19.1. The Bertz CT molecular complexity index is 367. The van der Waals surface area contributed by atoms with E-state index >= 15 is 0 Å². The zero-order valence-electron chi connectivity index (χ0n) is 10.1. The van der Waals surface area contributed by atoms with Gasteiger partial charge in [0, 0.05) is 0 Å². The number of halogens is 1. The lowest BCUT2D eigenvalue weighted by molar-refractivity contribution is 0.200. The Morgan fingerprint density at radius 3 is 2.88 bits per heavy atom. The van der Waals surface area contributed by atoms with E-state index in [1.54, 1.807) is 0 Å². The largest absolute Gasteiger partial charge is 0.475 e. The van der Waals surface area contributed by atoms with Crippen LogP contribution in [0.3, 0.4) is 0 Å². The van der Waals surface area contributed by atoms with Gasteiger partial charge in [-0.25, -0.2) is 4.98 Å². The van der Waals surface area contributed by atoms with Gasteiger partial charge in [-0.05, 0) is 38.3 Å². The summed E-state index contributed by atoms with van der Waals surface area (Å²) >= 11 is 0. The summed E-state index contributed by atoms with van der Waals surface area (Å²) in [5, 5.41) is 3.29. The molecular formula is C12H18FN3O. The maximum atomic E-state index is 13.8. The Kier molecular flexibility index (Phi) is 4.25. The zero-order chi connectivity index (χ0) is 12.1. The van der Waals surface area contributed by atoms with Gasteiger partial charge in [-0.15, -0.1) is 0 Å². The topological polar surface area (TPSA) is 47.0 Å². The summed E-state index contributed by atoms with van der Waals surface area (Å²) in [6, 6.07) is 0. The van der Waals surface area contributed by atoms with Crippen LogP contribution in [0.25, 0.3) is 0 Å². The molecule has 1 N–H and O–H groups in total. The van der Waals surface area contributed by atoms with Crippen molar-refractivity contribution in [2.75, 3.05) is 19.7 Å². The maximum Gasteiger partial charge on any atom is 0.253 e. The minimum absolute atomic E-state index is 0.0929. The van der Waals surface area contributed by atoms with E-state index in [1.165, 1.54) is 6.33 Å². The van der Waals surface area contributed by atoms with Crippen molar-refractivity contribution in [3.63, 3.8) is 0 Å². The van der Waals surface area contributed by atoms with Crippen LogP contribution in [0.1, 0.15) is 25.5 Å². The third-order valence-electron chi connectivity index (χ3n) is 3.08. The van der Waals surface area contributed by atoms with Gasteiger partial charge in [0.2, 0.25) is 5.82 Å². The van der Waals surface area contributed by atoms with Gasteiger partial charge in [-0.2, -0.15) is 9.37 Å². The molecule has 1 aromatic rings. The van der Waals surface area contributed by atoms with Crippen molar-refractivity contribution in [1.82, 2.24) is 15.3 Å². The molecule has 0 radical (unpaired) electrons. The standard InChI is InChI=1S/C12H18FN3O/c1-2-10-11(13)12(16-8-15-10)17-7-9-3-5-14-6-4-9/h8-9,14H,2-7H2,1H3. The summed E-state index contributed by atoms with van der Waals surface area (Å²) in [6.45, 7) is 4.43. The smallest absolute Gasteiger partial charge is 0.253 e. The molecule has 0 spiro atoms. The van der Waals surface area contributed by atoms with Crippen molar-refractivity contribution < 1.29 is 9.13 Å². The van der Waals surface area contributed by atoms with Crippen LogP contribution in [0.15, 0.2) is 6.33 Å². The minimum atomic E-state index is -0.413. The van der Waals surface area contributed by atoms with Gasteiger partial charge < -0.3 is 10.1 Å². The molecule has 1 saturated heterocycles. The Labute approximate surface area is 101 Å². The average molecular weight is 239 g/mol. The van der Waals surface area contributed by atoms with Gasteiger partial charge in [0.1, 0.15) is 6.33 Å². The average Bonchev–Trinajstić information content (AvgIpc) is 2.39. The summed E-state index contributed by atoms with van der Waals surface area (Å²) < 4.78 is 19.2. The molecule has 5 heteroatoms. The fourth-order valence-electron chi connectivity index (χ4n) is 1.98. The Balaban J connectivity index is 1.93. The molecule has 0 amide bonds. The predicted molar refractivity (Wildman–Crippen MR) is 62.5 cm³/mol. The van der Waals surface area contributed by atoms with Crippen molar-refractivity contribution in [1.29, 1.82) is 0 Å². The van der Waals surface area contributed by atoms with E-state index in [1.807, 2.05) is 6.92 Å². The molecule has 94 valence electrons. The number of nitrogens with one attached hydrogen (secondary N) is 1. The van der Waals surface area contributed by atoms with Gasteiger partial charge in [0.15, 0.2) is 0 Å². The van der Waals surface area contributed by atoms with Crippen LogP contribution < -0.4 is 10.1 Å². The van der Waals surface area contributed by atoms with Crippen molar-refractivity contribution in [3.8, 4) is 5.88 Å². The number of aromatic nitrogens is 2. The zero-order valence-corrected chi connectivity index (χ0v) is 10.1. The first-order chi connectivity index (χ1) is 8.31. The maximum absolute atomic E-state index is 13.8. The molecule has 0 saturated carbocycles. The molecule has 0 aromatic carbocycles. The Morgan fingerprint density at radius 2 is 2.18 bits per heavy atom. The second-order valence-corrected chi connectivity index (χ2v) is 4.30. The second-order valence-electron chi connectivity index (χ2n) is 4.30. The highest BCUT2D eigenvalue weighted by molar-refractivity contribution is 5.17. The van der Waals surface area contributed by atoms with E-state index in [9.17, 15) is 4.39 Å². The number of piperidine rings is 1. The normalized spacial score (nSPS) is 17.1. The third-order valence-corrected chi connectivity index (χ3v) is 3.08. The monoisotopic (exact) mass is 239 g/mol.